The molecule has 35 nitrogen and oxygen atoms in total. The molecule has 6 fully saturated rings. The Morgan fingerprint density at radius 2 is 1.33 bits per heavy atom. The zero-order valence-corrected chi connectivity index (χ0v) is 69.5. The van der Waals surface area contributed by atoms with Crippen molar-refractivity contribution in [3.8, 4) is 57.1 Å². The number of aliphatic hydroxyl groups excluding tert-OH is 6. The van der Waals surface area contributed by atoms with Crippen LogP contribution in [0.25, 0.3) is 11.1 Å². The highest BCUT2D eigenvalue weighted by Crippen LogP contribution is 2.55. The number of hydrogen-bond acceptors (Lipinski definition) is 27. The number of rotatable bonds is 21. The third-order valence-corrected chi connectivity index (χ3v) is 24.8. The second-order valence-corrected chi connectivity index (χ2v) is 34.6. The van der Waals surface area contributed by atoms with Crippen LogP contribution >= 0.6 is 11.6 Å². The number of amides is 9. The first-order chi connectivity index (χ1) is 58.0. The lowest BCUT2D eigenvalue weighted by Crippen LogP contribution is -2.64. The summed E-state index contributed by atoms with van der Waals surface area (Å²) in [7, 11) is 1.50. The van der Waals surface area contributed by atoms with Gasteiger partial charge in [-0.1, -0.05) is 69.8 Å². The van der Waals surface area contributed by atoms with E-state index in [1.54, 1.807) is 0 Å². The highest BCUT2D eigenvalue weighted by molar-refractivity contribution is 6.32. The summed E-state index contributed by atoms with van der Waals surface area (Å²) in [5.74, 6) is -13.9. The molecule has 4 aliphatic carbocycles. The van der Waals surface area contributed by atoms with Crippen LogP contribution in [0.5, 0.6) is 46.0 Å². The summed E-state index contributed by atoms with van der Waals surface area (Å²) >= 11 is 7.29. The van der Waals surface area contributed by atoms with Crippen LogP contribution in [0.4, 0.5) is 0 Å². The fourth-order valence-corrected chi connectivity index (χ4v) is 18.5. The maximum Gasteiger partial charge on any atom is 0.255 e. The van der Waals surface area contributed by atoms with Crippen LogP contribution in [0.3, 0.4) is 0 Å². The summed E-state index contributed by atoms with van der Waals surface area (Å²) in [6.07, 6.45) is -12.2. The Hall–Kier alpha value is -9.86. The molecule has 19 atom stereocenters. The van der Waals surface area contributed by atoms with Crippen LogP contribution in [0, 0.1) is 36.5 Å². The lowest BCUT2D eigenvalue weighted by molar-refractivity contribution is -0.333. The van der Waals surface area contributed by atoms with Gasteiger partial charge in [0.2, 0.25) is 59.3 Å². The molecule has 660 valence electrons. The minimum absolute atomic E-state index is 0.0518. The lowest BCUT2D eigenvalue weighted by atomic mass is 9.54. The van der Waals surface area contributed by atoms with Crippen molar-refractivity contribution in [2.24, 2.45) is 35.3 Å². The van der Waals surface area contributed by atoms with E-state index in [0.29, 0.717) is 18.3 Å². The van der Waals surface area contributed by atoms with Crippen molar-refractivity contribution in [3.05, 3.63) is 117 Å². The zero-order chi connectivity index (χ0) is 87.8. The van der Waals surface area contributed by atoms with Gasteiger partial charge in [0.1, 0.15) is 102 Å². The minimum atomic E-state index is -2.37. The highest BCUT2D eigenvalue weighted by Gasteiger charge is 2.53. The molecular formula is C86H109ClN10O25. The number of aryl methyl sites for hydroxylation is 1. The number of fused-ring (bicyclic) bond motifs is 15. The van der Waals surface area contributed by atoms with E-state index in [1.165, 1.54) is 65.1 Å². The first-order valence-corrected chi connectivity index (χ1v) is 41.9. The monoisotopic (exact) mass is 1720 g/mol. The molecule has 9 amide bonds. The number of carbonyl (C=O) groups excluding carboxylic acids is 9. The maximum atomic E-state index is 16.6. The molecule has 20 N–H and O–H groups in total. The molecule has 122 heavy (non-hydrogen) atoms. The van der Waals surface area contributed by atoms with E-state index in [2.05, 4.69) is 47.9 Å². The van der Waals surface area contributed by atoms with E-state index < -0.39 is 222 Å². The second kappa shape index (κ2) is 37.7. The Balaban J connectivity index is 1.01. The summed E-state index contributed by atoms with van der Waals surface area (Å²) in [6, 6.07) is 0.812. The SMILES string of the molecule is CCCCCCOC(C)C(=O)NC(=O)C[C@@H]1NC(=O)[C@H](NC(=O)[C@@H](CC(C)C)NC)[C@H](O)c2ccc(c(C)c2)Oc2cc3cc(c2O[C@@H]2O[C@H](CO)[C@@H](O)[C@H](O)[C@H]2O[C@H]2C[C@](C)(N)[C@H](O)[C@H](C)O2)Oc2ccc(cc2Cl)[C@@H](O)[C@@H]2NC(=O)[C@H](NC(=O)[C@@H]3NC1=O)c1ccc(O)c(c1)-c1c(O)cc(O)cc1[C@@H](C(=O)NC1C3CC4CC(C3)CC1C4)NC2=O. The molecule has 7 heterocycles. The van der Waals surface area contributed by atoms with Gasteiger partial charge in [-0.3, -0.25) is 48.5 Å². The van der Waals surface area contributed by atoms with Gasteiger partial charge in [-0.25, -0.2) is 0 Å². The number of halogens is 1. The third kappa shape index (κ3) is 19.5. The number of aromatic hydroxyl groups is 3. The fourth-order valence-electron chi connectivity index (χ4n) is 18.2. The van der Waals surface area contributed by atoms with Gasteiger partial charge < -0.3 is 127 Å². The standard InChI is InChI=1S/C86H109ClN10O25/c1-9-10-11-12-19-116-39(6)77(108)91-61(102)33-53-79(110)93-66-47-29-58(118-56-17-14-43(21-37(56)4)70(103)68(83(114)90-53)96-78(109)52(89-8)20-36(2)3)74(122-85-75(73(106)72(105)60(35-98)120-85)121-62-34-86(7,88)76(107)38(5)117-62)59(30-47)119-57-18-15-44(28-51(57)87)71(104)69-84(115)95-67(82(113)92-64-45-23-40-22-41(25-45)26-46(64)24-40)50-31-48(99)32-55(101)63(50)49-27-42(13-16-54(49)100)65(80(111)97-69)94-81(66)112/h13-18,21,27-32,36,38-41,45-46,52-53,60,62,64-73,75-76,85,89,98-101,103-107H,9-12,19-20,22-26,33-35,88H2,1-8H3,(H,90,114)(H,92,113)(H,93,110)(H,94,112)(H,95,115)(H,96,109)(H,97,111)(H,91,102,108)/t38-,39?,40?,41?,45?,46?,52+,53-,60+,62-,64?,65+,66+,67-,68+,69-,70+,71+,72+,73-,75+,76+,85-,86-/m0/s1. The Bertz CT molecular complexity index is 4760. The number of ether oxygens (including phenoxy) is 7. The number of phenols is 3. The quantitative estimate of drug-likeness (QED) is 0.0465. The van der Waals surface area contributed by atoms with Crippen molar-refractivity contribution in [1.82, 2.24) is 47.9 Å². The van der Waals surface area contributed by atoms with Gasteiger partial charge in [-0.2, -0.15) is 0 Å². The smallest absolute Gasteiger partial charge is 0.255 e. The predicted octanol–water partition coefficient (Wildman–Crippen LogP) is 3.76. The number of nitrogens with one attached hydrogen (secondary N) is 9. The molecule has 7 aliphatic heterocycles. The van der Waals surface area contributed by atoms with E-state index in [9.17, 15) is 60.3 Å². The Morgan fingerprint density at radius 1 is 0.680 bits per heavy atom. The maximum absolute atomic E-state index is 16.6. The van der Waals surface area contributed by atoms with Crippen molar-refractivity contribution in [2.45, 2.75) is 247 Å². The number of imide groups is 1. The molecule has 16 rings (SSSR count). The number of aliphatic hydroxyl groups is 6. The number of likely N-dealkylation sites (N-methyl/N-ethyl adjacent to an activating group) is 1. The minimum Gasteiger partial charge on any atom is -0.508 e. The number of nitrogens with two attached hydrogens (primary N) is 1. The van der Waals surface area contributed by atoms with Gasteiger partial charge in [0.25, 0.3) is 5.91 Å². The average Bonchev–Trinajstić information content (AvgIpc) is 0.741. The number of unbranched alkanes of at least 4 members (excludes halogenated alkanes) is 3. The number of hydrogen-bond donors (Lipinski definition) is 19. The molecule has 36 heteroatoms. The summed E-state index contributed by atoms with van der Waals surface area (Å²) < 4.78 is 45.1. The summed E-state index contributed by atoms with van der Waals surface area (Å²) in [6.45, 7) is 10.8. The van der Waals surface area contributed by atoms with Crippen LogP contribution in [0.1, 0.15) is 182 Å². The van der Waals surface area contributed by atoms with Crippen molar-refractivity contribution in [3.63, 3.8) is 0 Å². The number of phenolic OH excluding ortho intramolecular Hbond substituents is 3. The van der Waals surface area contributed by atoms with Gasteiger partial charge in [0, 0.05) is 41.8 Å². The van der Waals surface area contributed by atoms with Crippen molar-refractivity contribution >= 4 is 64.8 Å². The van der Waals surface area contributed by atoms with Crippen LogP contribution in [0.2, 0.25) is 5.02 Å². The van der Waals surface area contributed by atoms with Crippen molar-refractivity contribution in [1.29, 1.82) is 0 Å². The zero-order valence-electron chi connectivity index (χ0n) is 68.8. The molecule has 4 saturated carbocycles. The predicted molar refractivity (Wildman–Crippen MR) is 434 cm³/mol. The van der Waals surface area contributed by atoms with Crippen LogP contribution in [-0.4, -0.2) is 210 Å². The molecule has 15 bridgehead atoms. The second-order valence-electron chi connectivity index (χ2n) is 34.2. The van der Waals surface area contributed by atoms with Gasteiger partial charge in [0.15, 0.2) is 23.9 Å². The molecule has 11 aliphatic rings. The summed E-state index contributed by atoms with van der Waals surface area (Å²) in [5.41, 5.74) is 3.36. The largest absolute Gasteiger partial charge is 0.508 e. The molecule has 0 aromatic heterocycles. The molecule has 1 unspecified atom stereocenters. The molecule has 5 aromatic rings. The van der Waals surface area contributed by atoms with Crippen molar-refractivity contribution < 1.29 is 122 Å². The Kier molecular flexibility index (Phi) is 27.8. The molecule has 0 spiro atoms. The van der Waals surface area contributed by atoms with Crippen LogP contribution in [0.15, 0.2) is 78.9 Å². The van der Waals surface area contributed by atoms with E-state index >= 15 is 28.8 Å². The fraction of sp³-hybridized carbons (Fsp3) is 0.547. The van der Waals surface area contributed by atoms with Gasteiger partial charge in [-0.05, 0) is 197 Å². The first kappa shape index (κ1) is 89.9. The van der Waals surface area contributed by atoms with Crippen LogP contribution in [-0.2, 0) is 62.1 Å². The molecule has 2 saturated heterocycles. The van der Waals surface area contributed by atoms with Crippen molar-refractivity contribution in [2.75, 3.05) is 20.3 Å². The molecular weight excluding hydrogens is 1610 g/mol. The first-order valence-electron chi connectivity index (χ1n) is 41.5. The third-order valence-electron chi connectivity index (χ3n) is 24.5. The topological polar surface area (TPSA) is 535 Å². The average molecular weight is 1720 g/mol. The van der Waals surface area contributed by atoms with Gasteiger partial charge in [0.05, 0.1) is 36.3 Å². The van der Waals surface area contributed by atoms with E-state index in [0.717, 1.165) is 99.9 Å². The summed E-state index contributed by atoms with van der Waals surface area (Å²) in [4.78, 5) is 138. The normalized spacial score (nSPS) is 31.1. The number of carbonyl (C=O) groups is 9. The lowest BCUT2D eigenvalue weighted by Gasteiger charge is -2.54. The Labute approximate surface area is 708 Å². The van der Waals surface area contributed by atoms with Crippen LogP contribution < -0.4 is 67.8 Å². The van der Waals surface area contributed by atoms with E-state index in [-0.39, 0.29) is 98.7 Å². The highest BCUT2D eigenvalue weighted by atomic mass is 35.5. The van der Waals surface area contributed by atoms with E-state index in [1.807, 2.05) is 20.8 Å². The van der Waals surface area contributed by atoms with E-state index in [4.69, 9.17) is 50.5 Å². The van der Waals surface area contributed by atoms with Gasteiger partial charge >= 0.3 is 0 Å². The summed E-state index contributed by atoms with van der Waals surface area (Å²) in [5, 5.41) is 130. The van der Waals surface area contributed by atoms with Gasteiger partial charge in [-0.15, -0.1) is 0 Å². The Morgan fingerprint density at radius 3 is 1.98 bits per heavy atom. The molecule has 0 radical (unpaired) electrons. The number of benzene rings is 5. The molecule has 5 aromatic carbocycles.